The quantitative estimate of drug-likeness (QED) is 0.529. The van der Waals surface area contributed by atoms with E-state index in [1.54, 1.807) is 36.3 Å². The van der Waals surface area contributed by atoms with Crippen molar-refractivity contribution in [2.24, 2.45) is 0 Å². The average Bonchev–Trinajstić information content (AvgIpc) is 2.84. The lowest BCUT2D eigenvalue weighted by Crippen LogP contribution is -2.52. The van der Waals surface area contributed by atoms with Crippen LogP contribution in [0.3, 0.4) is 0 Å². The van der Waals surface area contributed by atoms with E-state index in [-0.39, 0.29) is 24.5 Å². The summed E-state index contributed by atoms with van der Waals surface area (Å²) in [4.78, 5) is 28.2. The maximum absolute atomic E-state index is 13.3. The van der Waals surface area contributed by atoms with E-state index >= 15 is 0 Å². The van der Waals surface area contributed by atoms with Gasteiger partial charge in [0.2, 0.25) is 5.91 Å². The van der Waals surface area contributed by atoms with Crippen molar-refractivity contribution in [3.05, 3.63) is 59.1 Å². The molecule has 1 aliphatic rings. The molecule has 2 aromatic carbocycles. The Morgan fingerprint density at radius 3 is 2.36 bits per heavy atom. The molecule has 1 aliphatic carbocycles. The van der Waals surface area contributed by atoms with Crippen LogP contribution in [0.15, 0.2) is 48.5 Å². The fraction of sp³-hybridized carbons (Fsp3) is 0.462. The minimum atomic E-state index is -0.587. The van der Waals surface area contributed by atoms with Crippen molar-refractivity contribution in [2.75, 3.05) is 13.7 Å². The van der Waals surface area contributed by atoms with Gasteiger partial charge in [0.05, 0.1) is 7.11 Å². The molecule has 1 fully saturated rings. The lowest BCUT2D eigenvalue weighted by Gasteiger charge is -2.32. The van der Waals surface area contributed by atoms with Gasteiger partial charge < -0.3 is 19.7 Å². The molecule has 1 atom stereocenters. The Kier molecular flexibility index (Phi) is 9.43. The summed E-state index contributed by atoms with van der Waals surface area (Å²) >= 11 is 6.03. The largest absolute Gasteiger partial charge is 0.493 e. The highest BCUT2D eigenvalue weighted by Crippen LogP contribution is 2.26. The number of hydrogen-bond donors (Lipinski definition) is 1. The Morgan fingerprint density at radius 1 is 1.06 bits per heavy atom. The molecular weight excluding hydrogens is 440 g/mol. The third-order valence-corrected chi connectivity index (χ3v) is 6.28. The average molecular weight is 473 g/mol. The van der Waals surface area contributed by atoms with Crippen LogP contribution in [0.1, 0.15) is 51.0 Å². The molecule has 178 valence electrons. The zero-order valence-corrected chi connectivity index (χ0v) is 20.1. The number of halogens is 1. The van der Waals surface area contributed by atoms with Crippen LogP contribution in [0.4, 0.5) is 0 Å². The Balaban J connectivity index is 1.76. The first-order chi connectivity index (χ1) is 16.0. The van der Waals surface area contributed by atoms with E-state index in [9.17, 15) is 9.59 Å². The number of amides is 2. The number of nitrogens with zero attached hydrogens (tertiary/aromatic N) is 1. The first kappa shape index (κ1) is 24.9. The Morgan fingerprint density at radius 2 is 1.73 bits per heavy atom. The molecular formula is C26H33ClN2O4. The van der Waals surface area contributed by atoms with Gasteiger partial charge in [-0.05, 0) is 49.1 Å². The van der Waals surface area contributed by atoms with Crippen molar-refractivity contribution in [3.8, 4) is 11.5 Å². The summed E-state index contributed by atoms with van der Waals surface area (Å²) in [5, 5.41) is 3.80. The van der Waals surface area contributed by atoms with E-state index in [2.05, 4.69) is 5.32 Å². The highest BCUT2D eigenvalue weighted by atomic mass is 35.5. The van der Waals surface area contributed by atoms with Gasteiger partial charge in [-0.1, -0.05) is 62.1 Å². The lowest BCUT2D eigenvalue weighted by molar-refractivity contribution is -0.143. The van der Waals surface area contributed by atoms with E-state index < -0.39 is 6.04 Å². The third kappa shape index (κ3) is 7.13. The summed E-state index contributed by atoms with van der Waals surface area (Å²) in [7, 11) is 1.56. The molecule has 7 heteroatoms. The van der Waals surface area contributed by atoms with Crippen LogP contribution in [0.2, 0.25) is 5.02 Å². The molecule has 6 nitrogen and oxygen atoms in total. The predicted octanol–water partition coefficient (Wildman–Crippen LogP) is 4.98. The van der Waals surface area contributed by atoms with Crippen LogP contribution in [-0.4, -0.2) is 42.5 Å². The first-order valence-corrected chi connectivity index (χ1v) is 12.0. The van der Waals surface area contributed by atoms with Gasteiger partial charge in [0, 0.05) is 17.6 Å². The molecule has 0 bridgehead atoms. The van der Waals surface area contributed by atoms with Gasteiger partial charge in [-0.2, -0.15) is 0 Å². The molecule has 2 amide bonds. The summed E-state index contributed by atoms with van der Waals surface area (Å²) in [5.41, 5.74) is 0.897. The van der Waals surface area contributed by atoms with Gasteiger partial charge in [-0.25, -0.2) is 0 Å². The smallest absolute Gasteiger partial charge is 0.261 e. The predicted molar refractivity (Wildman–Crippen MR) is 130 cm³/mol. The van der Waals surface area contributed by atoms with E-state index in [0.717, 1.165) is 31.2 Å². The Bertz CT molecular complexity index is 913. The van der Waals surface area contributed by atoms with Crippen molar-refractivity contribution in [3.63, 3.8) is 0 Å². The zero-order valence-electron chi connectivity index (χ0n) is 19.4. The normalized spacial score (nSPS) is 14.9. The topological polar surface area (TPSA) is 67.9 Å². The molecule has 2 aromatic rings. The van der Waals surface area contributed by atoms with Gasteiger partial charge in [0.1, 0.15) is 6.04 Å². The van der Waals surface area contributed by atoms with Crippen LogP contribution < -0.4 is 14.8 Å². The molecule has 0 aliphatic heterocycles. The number of hydrogen-bond acceptors (Lipinski definition) is 4. The number of ether oxygens (including phenoxy) is 2. The van der Waals surface area contributed by atoms with Crippen LogP contribution in [0.25, 0.3) is 0 Å². The molecule has 0 heterocycles. The number of para-hydroxylation sites is 2. The van der Waals surface area contributed by atoms with Crippen molar-refractivity contribution in [2.45, 2.75) is 64.1 Å². The third-order valence-electron chi connectivity index (χ3n) is 6.02. The molecule has 0 aromatic heterocycles. The summed E-state index contributed by atoms with van der Waals surface area (Å²) in [6.45, 7) is 2.03. The van der Waals surface area contributed by atoms with Gasteiger partial charge in [-0.15, -0.1) is 0 Å². The standard InChI is InChI=1S/C26H33ClN2O4/c1-3-22(26(31)28-21-9-5-4-6-10-21)29(17-19-13-15-20(27)16-14-19)25(30)18-33-24-12-8-7-11-23(24)32-2/h7-8,11-16,21-22H,3-6,9-10,17-18H2,1-2H3,(H,28,31)/t22-/m0/s1. The SMILES string of the molecule is CC[C@@H](C(=O)NC1CCCCC1)N(Cc1ccc(Cl)cc1)C(=O)COc1ccccc1OC. The van der Waals surface area contributed by atoms with Crippen molar-refractivity contribution in [1.82, 2.24) is 10.2 Å². The van der Waals surface area contributed by atoms with Gasteiger partial charge in [0.25, 0.3) is 5.91 Å². The summed E-state index contributed by atoms with van der Waals surface area (Å²) in [6.07, 6.45) is 5.95. The second-order valence-electron chi connectivity index (χ2n) is 8.36. The highest BCUT2D eigenvalue weighted by Gasteiger charge is 2.30. The maximum Gasteiger partial charge on any atom is 0.261 e. The van der Waals surface area contributed by atoms with Crippen molar-refractivity contribution < 1.29 is 19.1 Å². The minimum Gasteiger partial charge on any atom is -0.493 e. The number of methoxy groups -OCH3 is 1. The van der Waals surface area contributed by atoms with E-state index in [1.807, 2.05) is 31.2 Å². The first-order valence-electron chi connectivity index (χ1n) is 11.6. The second-order valence-corrected chi connectivity index (χ2v) is 8.79. The van der Waals surface area contributed by atoms with E-state index in [4.69, 9.17) is 21.1 Å². The molecule has 1 saturated carbocycles. The number of benzene rings is 2. The van der Waals surface area contributed by atoms with Crippen molar-refractivity contribution >= 4 is 23.4 Å². The maximum atomic E-state index is 13.3. The minimum absolute atomic E-state index is 0.107. The number of rotatable bonds is 10. The number of nitrogens with one attached hydrogen (secondary N) is 1. The van der Waals surface area contributed by atoms with Gasteiger partial charge >= 0.3 is 0 Å². The second kappa shape index (κ2) is 12.5. The van der Waals surface area contributed by atoms with Gasteiger partial charge in [0.15, 0.2) is 18.1 Å². The van der Waals surface area contributed by atoms with E-state index in [1.165, 1.54) is 6.42 Å². The molecule has 0 radical (unpaired) electrons. The Hall–Kier alpha value is -2.73. The fourth-order valence-electron chi connectivity index (χ4n) is 4.21. The molecule has 0 spiro atoms. The van der Waals surface area contributed by atoms with Crippen LogP contribution in [0.5, 0.6) is 11.5 Å². The highest BCUT2D eigenvalue weighted by molar-refractivity contribution is 6.30. The van der Waals surface area contributed by atoms with Crippen LogP contribution in [-0.2, 0) is 16.1 Å². The van der Waals surface area contributed by atoms with Crippen molar-refractivity contribution in [1.29, 1.82) is 0 Å². The van der Waals surface area contributed by atoms with Crippen LogP contribution in [0, 0.1) is 0 Å². The summed E-state index contributed by atoms with van der Waals surface area (Å²) in [6, 6.07) is 14.1. The lowest BCUT2D eigenvalue weighted by atomic mass is 9.95. The Labute approximate surface area is 201 Å². The zero-order chi connectivity index (χ0) is 23.6. The molecule has 3 rings (SSSR count). The molecule has 0 unspecified atom stereocenters. The summed E-state index contributed by atoms with van der Waals surface area (Å²) in [5.74, 6) is 0.668. The fourth-order valence-corrected chi connectivity index (χ4v) is 4.34. The molecule has 1 N–H and O–H groups in total. The number of carbonyl (C=O) groups is 2. The van der Waals surface area contributed by atoms with Crippen LogP contribution >= 0.6 is 11.6 Å². The number of carbonyl (C=O) groups excluding carboxylic acids is 2. The van der Waals surface area contributed by atoms with E-state index in [0.29, 0.717) is 29.5 Å². The molecule has 0 saturated heterocycles. The molecule has 33 heavy (non-hydrogen) atoms. The summed E-state index contributed by atoms with van der Waals surface area (Å²) < 4.78 is 11.1. The van der Waals surface area contributed by atoms with Gasteiger partial charge in [-0.3, -0.25) is 9.59 Å². The monoisotopic (exact) mass is 472 g/mol.